The van der Waals surface area contributed by atoms with Gasteiger partial charge in [0.25, 0.3) is 0 Å². The van der Waals surface area contributed by atoms with Crippen molar-refractivity contribution in [1.29, 1.82) is 0 Å². The average molecular weight is 417 g/mol. The van der Waals surface area contributed by atoms with Crippen LogP contribution in [0.4, 0.5) is 0 Å². The van der Waals surface area contributed by atoms with E-state index in [2.05, 4.69) is 39.5 Å². The molecule has 1 unspecified atom stereocenters. The maximum absolute atomic E-state index is 10.0. The van der Waals surface area contributed by atoms with Gasteiger partial charge in [-0.25, -0.2) is 0 Å². The highest BCUT2D eigenvalue weighted by Crippen LogP contribution is 2.60. The van der Waals surface area contributed by atoms with Crippen LogP contribution in [0.15, 0.2) is 35.5 Å². The lowest BCUT2D eigenvalue weighted by Gasteiger charge is -2.44. The molecule has 3 rings (SSSR count). The first kappa shape index (κ1) is 23.8. The molecular formula is C27H44O3. The fraction of sp³-hybridized carbons (Fsp3) is 0.778. The van der Waals surface area contributed by atoms with Gasteiger partial charge in [0, 0.05) is 19.4 Å². The summed E-state index contributed by atoms with van der Waals surface area (Å²) in [5.74, 6) is 1.04. The molecule has 170 valence electrons. The van der Waals surface area contributed by atoms with Gasteiger partial charge in [0.05, 0.1) is 0 Å². The molecule has 3 aliphatic carbocycles. The molecule has 0 radical (unpaired) electrons. The van der Waals surface area contributed by atoms with Gasteiger partial charge < -0.3 is 15.3 Å². The van der Waals surface area contributed by atoms with Crippen molar-refractivity contribution in [2.45, 2.75) is 97.2 Å². The Morgan fingerprint density at radius 1 is 1.10 bits per heavy atom. The van der Waals surface area contributed by atoms with Crippen molar-refractivity contribution in [2.75, 3.05) is 6.61 Å². The highest BCUT2D eigenvalue weighted by Gasteiger charge is 2.50. The van der Waals surface area contributed by atoms with Gasteiger partial charge in [0.15, 0.2) is 5.79 Å². The molecule has 30 heavy (non-hydrogen) atoms. The number of fused-ring (bicyclic) bond motifs is 1. The molecule has 3 aliphatic rings. The van der Waals surface area contributed by atoms with Crippen molar-refractivity contribution in [1.82, 2.24) is 0 Å². The van der Waals surface area contributed by atoms with Crippen LogP contribution in [0, 0.1) is 29.1 Å². The molecule has 3 nitrogen and oxygen atoms in total. The molecule has 5 atom stereocenters. The molecule has 0 heterocycles. The van der Waals surface area contributed by atoms with Crippen LogP contribution in [-0.4, -0.2) is 27.7 Å². The highest BCUT2D eigenvalue weighted by molar-refractivity contribution is 5.36. The Bertz CT molecular complexity index is 674. The second kappa shape index (κ2) is 9.71. The normalized spacial score (nSPS) is 36.1. The summed E-state index contributed by atoms with van der Waals surface area (Å²) in [6, 6.07) is 0. The maximum Gasteiger partial charge on any atom is 0.166 e. The molecule has 0 saturated heterocycles. The van der Waals surface area contributed by atoms with Crippen LogP contribution in [0.2, 0.25) is 0 Å². The first-order valence-electron chi connectivity index (χ1n) is 12.3. The van der Waals surface area contributed by atoms with Crippen molar-refractivity contribution in [3.05, 3.63) is 35.5 Å². The highest BCUT2D eigenvalue weighted by atomic mass is 16.5. The van der Waals surface area contributed by atoms with Crippen LogP contribution in [0.1, 0.15) is 91.4 Å². The minimum Gasteiger partial charge on any atom is -0.396 e. The number of aliphatic hydroxyl groups excluding tert-OH is 1. The zero-order valence-electron chi connectivity index (χ0n) is 19.5. The third kappa shape index (κ3) is 5.29. The zero-order valence-corrected chi connectivity index (χ0v) is 19.5. The molecule has 0 aromatic heterocycles. The van der Waals surface area contributed by atoms with E-state index in [1.807, 2.05) is 0 Å². The maximum atomic E-state index is 10.0. The molecule has 3 fully saturated rings. The molecule has 3 saturated carbocycles. The van der Waals surface area contributed by atoms with Gasteiger partial charge in [-0.15, -0.1) is 0 Å². The summed E-state index contributed by atoms with van der Waals surface area (Å²) in [6.45, 7) is 11.6. The largest absolute Gasteiger partial charge is 0.396 e. The lowest BCUT2D eigenvalue weighted by molar-refractivity contribution is -0.166. The number of hydrogen-bond acceptors (Lipinski definition) is 3. The molecule has 0 aliphatic heterocycles. The van der Waals surface area contributed by atoms with Gasteiger partial charge in [-0.3, -0.25) is 0 Å². The van der Waals surface area contributed by atoms with E-state index in [1.165, 1.54) is 44.9 Å². The molecule has 0 aromatic rings. The van der Waals surface area contributed by atoms with E-state index in [9.17, 15) is 15.3 Å². The van der Waals surface area contributed by atoms with Crippen LogP contribution in [0.3, 0.4) is 0 Å². The van der Waals surface area contributed by atoms with Gasteiger partial charge in [-0.1, -0.05) is 63.5 Å². The Hall–Kier alpha value is -0.900. The molecule has 3 N–H and O–H groups in total. The Morgan fingerprint density at radius 3 is 2.60 bits per heavy atom. The molecule has 0 aromatic carbocycles. The molecule has 0 spiro atoms. The number of aliphatic hydroxyl groups is 3. The summed E-state index contributed by atoms with van der Waals surface area (Å²) in [5, 5.41) is 29.4. The number of rotatable bonds is 7. The molecule has 0 bridgehead atoms. The van der Waals surface area contributed by atoms with E-state index in [4.69, 9.17) is 0 Å². The third-order valence-corrected chi connectivity index (χ3v) is 8.65. The summed E-state index contributed by atoms with van der Waals surface area (Å²) >= 11 is 0. The minimum absolute atomic E-state index is 0.295. The Morgan fingerprint density at radius 2 is 1.87 bits per heavy atom. The summed E-state index contributed by atoms with van der Waals surface area (Å²) in [5.41, 5.74) is 4.03. The van der Waals surface area contributed by atoms with Crippen LogP contribution >= 0.6 is 0 Å². The van der Waals surface area contributed by atoms with Crippen molar-refractivity contribution in [3.8, 4) is 0 Å². The Kier molecular flexibility index (Phi) is 7.69. The first-order valence-corrected chi connectivity index (χ1v) is 12.3. The average Bonchev–Trinajstić information content (AvgIpc) is 3.06. The van der Waals surface area contributed by atoms with E-state index in [1.54, 1.807) is 5.57 Å². The van der Waals surface area contributed by atoms with Crippen molar-refractivity contribution >= 4 is 0 Å². The van der Waals surface area contributed by atoms with Crippen LogP contribution < -0.4 is 0 Å². The smallest absolute Gasteiger partial charge is 0.166 e. The summed E-state index contributed by atoms with van der Waals surface area (Å²) in [4.78, 5) is 0. The first-order chi connectivity index (χ1) is 14.2. The quantitative estimate of drug-likeness (QED) is 0.452. The van der Waals surface area contributed by atoms with Crippen LogP contribution in [0.5, 0.6) is 0 Å². The monoisotopic (exact) mass is 416 g/mol. The molecule has 3 heteroatoms. The van der Waals surface area contributed by atoms with E-state index >= 15 is 0 Å². The summed E-state index contributed by atoms with van der Waals surface area (Å²) in [6.07, 6.45) is 15.8. The van der Waals surface area contributed by atoms with E-state index in [-0.39, 0.29) is 0 Å². The minimum atomic E-state index is -1.58. The fourth-order valence-corrected chi connectivity index (χ4v) is 6.71. The van der Waals surface area contributed by atoms with E-state index < -0.39 is 5.79 Å². The fourth-order valence-electron chi connectivity index (χ4n) is 6.71. The van der Waals surface area contributed by atoms with Gasteiger partial charge in [-0.2, -0.15) is 0 Å². The van der Waals surface area contributed by atoms with Crippen LogP contribution in [-0.2, 0) is 0 Å². The van der Waals surface area contributed by atoms with E-state index in [0.29, 0.717) is 43.1 Å². The van der Waals surface area contributed by atoms with Crippen molar-refractivity contribution < 1.29 is 15.3 Å². The molecule has 0 amide bonds. The third-order valence-electron chi connectivity index (χ3n) is 8.65. The predicted molar refractivity (Wildman–Crippen MR) is 124 cm³/mol. The summed E-state index contributed by atoms with van der Waals surface area (Å²) in [7, 11) is 0. The Balaban J connectivity index is 1.69. The topological polar surface area (TPSA) is 60.7 Å². The van der Waals surface area contributed by atoms with Crippen LogP contribution in [0.25, 0.3) is 0 Å². The van der Waals surface area contributed by atoms with Crippen molar-refractivity contribution in [3.63, 3.8) is 0 Å². The second-order valence-electron chi connectivity index (χ2n) is 11.0. The number of hydrogen-bond donors (Lipinski definition) is 3. The standard InChI is InChI=1S/C27H44O3/c1-19(18-28)7-5-8-21(3)24-12-13-25-22(9-6-15-26(24,25)4)10-11-23-17-27(29,30)16-14-20(23)2/h10-11,19,21,24-25,28-30H,2,5-9,12-18H2,1,3-4H3/b22-10+,23-11-/t19?,21-,24-,25+,26-/m1/s1. The Labute approximate surface area is 184 Å². The predicted octanol–water partition coefficient (Wildman–Crippen LogP) is 5.91. The lowest BCUT2D eigenvalue weighted by atomic mass is 9.60. The van der Waals surface area contributed by atoms with Gasteiger partial charge in [0.2, 0.25) is 0 Å². The second-order valence-corrected chi connectivity index (χ2v) is 11.0. The molecular weight excluding hydrogens is 372 g/mol. The van der Waals surface area contributed by atoms with Gasteiger partial charge in [0.1, 0.15) is 0 Å². The zero-order chi connectivity index (χ0) is 21.9. The van der Waals surface area contributed by atoms with E-state index in [0.717, 1.165) is 29.4 Å². The van der Waals surface area contributed by atoms with Gasteiger partial charge >= 0.3 is 0 Å². The lowest BCUT2D eigenvalue weighted by Crippen LogP contribution is -2.36. The van der Waals surface area contributed by atoms with Crippen molar-refractivity contribution in [2.24, 2.45) is 29.1 Å². The SMILES string of the molecule is C=C1CCC(O)(O)C/C1=C/C=C1\CCC[C@]2(C)[C@@H]([C@H](C)CCCC(C)CO)CC[C@@H]12. The van der Waals surface area contributed by atoms with Gasteiger partial charge in [-0.05, 0) is 79.6 Å². The summed E-state index contributed by atoms with van der Waals surface area (Å²) < 4.78 is 0. The number of allylic oxidation sites excluding steroid dienone is 4.